The van der Waals surface area contributed by atoms with E-state index in [4.69, 9.17) is 4.74 Å². The SMILES string of the molecule is COc1c(-c2ccc3ccccc3c2)ccc2ccccc12. The number of rotatable bonds is 2. The van der Waals surface area contributed by atoms with Gasteiger partial charge in [0, 0.05) is 10.9 Å². The van der Waals surface area contributed by atoms with Crippen molar-refractivity contribution in [1.29, 1.82) is 0 Å². The summed E-state index contributed by atoms with van der Waals surface area (Å²) in [6.45, 7) is 0. The van der Waals surface area contributed by atoms with Crippen LogP contribution in [0.3, 0.4) is 0 Å². The Hall–Kier alpha value is -2.80. The first-order chi connectivity index (χ1) is 10.9. The molecular weight excluding hydrogens is 268 g/mol. The standard InChI is InChI=1S/C21H16O/c1-22-21-19-9-5-4-7-16(19)12-13-20(21)18-11-10-15-6-2-3-8-17(15)14-18/h2-14H,1H3. The lowest BCUT2D eigenvalue weighted by molar-refractivity contribution is 0.421. The Morgan fingerprint density at radius 3 is 2.14 bits per heavy atom. The van der Waals surface area contributed by atoms with Crippen molar-refractivity contribution >= 4 is 21.5 Å². The molecule has 0 radical (unpaired) electrons. The zero-order chi connectivity index (χ0) is 14.9. The summed E-state index contributed by atoms with van der Waals surface area (Å²) in [6, 6.07) is 27.6. The molecule has 0 aliphatic heterocycles. The van der Waals surface area contributed by atoms with Gasteiger partial charge < -0.3 is 4.74 Å². The van der Waals surface area contributed by atoms with Gasteiger partial charge in [-0.15, -0.1) is 0 Å². The van der Waals surface area contributed by atoms with Gasteiger partial charge >= 0.3 is 0 Å². The molecule has 0 bridgehead atoms. The third kappa shape index (κ3) is 2.03. The van der Waals surface area contributed by atoms with E-state index in [0.717, 1.165) is 16.7 Å². The van der Waals surface area contributed by atoms with Crippen LogP contribution in [0.4, 0.5) is 0 Å². The Kier molecular flexibility index (Phi) is 3.05. The van der Waals surface area contributed by atoms with E-state index in [1.165, 1.54) is 21.7 Å². The fourth-order valence-corrected chi connectivity index (χ4v) is 3.05. The predicted octanol–water partition coefficient (Wildman–Crippen LogP) is 5.67. The summed E-state index contributed by atoms with van der Waals surface area (Å²) in [7, 11) is 1.74. The van der Waals surface area contributed by atoms with Gasteiger partial charge in [-0.05, 0) is 27.8 Å². The van der Waals surface area contributed by atoms with Crippen molar-refractivity contribution in [2.75, 3.05) is 7.11 Å². The Bertz CT molecular complexity index is 970. The number of hydrogen-bond donors (Lipinski definition) is 0. The third-order valence-corrected chi connectivity index (χ3v) is 4.14. The van der Waals surface area contributed by atoms with E-state index >= 15 is 0 Å². The van der Waals surface area contributed by atoms with Crippen LogP contribution >= 0.6 is 0 Å². The molecule has 0 aromatic heterocycles. The first kappa shape index (κ1) is 12.9. The van der Waals surface area contributed by atoms with Crippen LogP contribution in [-0.2, 0) is 0 Å². The number of hydrogen-bond acceptors (Lipinski definition) is 1. The maximum atomic E-state index is 5.73. The van der Waals surface area contributed by atoms with Crippen LogP contribution in [0.1, 0.15) is 0 Å². The third-order valence-electron chi connectivity index (χ3n) is 4.14. The number of methoxy groups -OCH3 is 1. The summed E-state index contributed by atoms with van der Waals surface area (Å²) in [4.78, 5) is 0. The zero-order valence-electron chi connectivity index (χ0n) is 12.4. The smallest absolute Gasteiger partial charge is 0.134 e. The second kappa shape index (κ2) is 5.19. The van der Waals surface area contributed by atoms with Crippen LogP contribution < -0.4 is 4.74 Å². The topological polar surface area (TPSA) is 9.23 Å². The lowest BCUT2D eigenvalue weighted by Crippen LogP contribution is -1.90. The van der Waals surface area contributed by atoms with Crippen molar-refractivity contribution in [1.82, 2.24) is 0 Å². The maximum absolute atomic E-state index is 5.73. The lowest BCUT2D eigenvalue weighted by Gasteiger charge is -2.12. The summed E-state index contributed by atoms with van der Waals surface area (Å²) in [5.41, 5.74) is 2.31. The quantitative estimate of drug-likeness (QED) is 0.461. The van der Waals surface area contributed by atoms with E-state index in [1.54, 1.807) is 7.11 Å². The highest BCUT2D eigenvalue weighted by atomic mass is 16.5. The van der Waals surface area contributed by atoms with Crippen molar-refractivity contribution in [2.24, 2.45) is 0 Å². The molecule has 106 valence electrons. The van der Waals surface area contributed by atoms with E-state index in [0.29, 0.717) is 0 Å². The number of ether oxygens (including phenoxy) is 1. The van der Waals surface area contributed by atoms with Gasteiger partial charge in [0.2, 0.25) is 0 Å². The summed E-state index contributed by atoms with van der Waals surface area (Å²) in [6.07, 6.45) is 0. The van der Waals surface area contributed by atoms with Gasteiger partial charge in [-0.1, -0.05) is 72.8 Å². The largest absolute Gasteiger partial charge is 0.495 e. The van der Waals surface area contributed by atoms with Crippen LogP contribution in [0, 0.1) is 0 Å². The van der Waals surface area contributed by atoms with Crippen LogP contribution in [-0.4, -0.2) is 7.11 Å². The molecule has 4 aromatic rings. The summed E-state index contributed by atoms with van der Waals surface area (Å²) in [5.74, 6) is 0.938. The molecule has 0 unspecified atom stereocenters. The highest BCUT2D eigenvalue weighted by Gasteiger charge is 2.10. The molecule has 1 nitrogen and oxygen atoms in total. The van der Waals surface area contributed by atoms with E-state index in [-0.39, 0.29) is 0 Å². The van der Waals surface area contributed by atoms with Crippen LogP contribution in [0.25, 0.3) is 32.7 Å². The minimum Gasteiger partial charge on any atom is -0.495 e. The van der Waals surface area contributed by atoms with Gasteiger partial charge in [0.05, 0.1) is 7.11 Å². The van der Waals surface area contributed by atoms with E-state index < -0.39 is 0 Å². The van der Waals surface area contributed by atoms with Gasteiger partial charge in [-0.2, -0.15) is 0 Å². The fraction of sp³-hybridized carbons (Fsp3) is 0.0476. The molecule has 0 heterocycles. The fourth-order valence-electron chi connectivity index (χ4n) is 3.05. The molecule has 0 aliphatic carbocycles. The van der Waals surface area contributed by atoms with E-state index in [9.17, 15) is 0 Å². The zero-order valence-corrected chi connectivity index (χ0v) is 12.4. The summed E-state index contributed by atoms with van der Waals surface area (Å²) in [5, 5.41) is 4.85. The Morgan fingerprint density at radius 2 is 1.32 bits per heavy atom. The molecule has 0 amide bonds. The predicted molar refractivity (Wildman–Crippen MR) is 93.4 cm³/mol. The molecule has 4 rings (SSSR count). The first-order valence-electron chi connectivity index (χ1n) is 7.42. The van der Waals surface area contributed by atoms with Gasteiger partial charge in [0.15, 0.2) is 0 Å². The maximum Gasteiger partial charge on any atom is 0.134 e. The Balaban J connectivity index is 1.99. The van der Waals surface area contributed by atoms with Crippen molar-refractivity contribution in [2.45, 2.75) is 0 Å². The molecular formula is C21H16O. The minimum atomic E-state index is 0.938. The molecule has 0 fully saturated rings. The molecule has 0 aliphatic rings. The summed E-state index contributed by atoms with van der Waals surface area (Å²) < 4.78 is 5.73. The van der Waals surface area contributed by atoms with Crippen molar-refractivity contribution < 1.29 is 4.74 Å². The Morgan fingerprint density at radius 1 is 0.636 bits per heavy atom. The number of fused-ring (bicyclic) bond motifs is 2. The van der Waals surface area contributed by atoms with E-state index in [1.807, 2.05) is 0 Å². The number of benzene rings is 4. The highest BCUT2D eigenvalue weighted by molar-refractivity contribution is 5.97. The molecule has 0 spiro atoms. The normalized spacial score (nSPS) is 11.0. The highest BCUT2D eigenvalue weighted by Crippen LogP contribution is 2.37. The second-order valence-electron chi connectivity index (χ2n) is 5.43. The molecule has 0 saturated heterocycles. The molecule has 0 saturated carbocycles. The summed E-state index contributed by atoms with van der Waals surface area (Å²) >= 11 is 0. The Labute approximate surface area is 129 Å². The second-order valence-corrected chi connectivity index (χ2v) is 5.43. The molecule has 22 heavy (non-hydrogen) atoms. The van der Waals surface area contributed by atoms with Gasteiger partial charge in [-0.25, -0.2) is 0 Å². The van der Waals surface area contributed by atoms with E-state index in [2.05, 4.69) is 78.9 Å². The minimum absolute atomic E-state index is 0.938. The van der Waals surface area contributed by atoms with Crippen LogP contribution in [0.5, 0.6) is 5.75 Å². The molecule has 1 heteroatoms. The van der Waals surface area contributed by atoms with Gasteiger partial charge in [-0.3, -0.25) is 0 Å². The monoisotopic (exact) mass is 284 g/mol. The van der Waals surface area contributed by atoms with Crippen molar-refractivity contribution in [3.05, 3.63) is 78.9 Å². The lowest BCUT2D eigenvalue weighted by atomic mass is 9.97. The average molecular weight is 284 g/mol. The van der Waals surface area contributed by atoms with Gasteiger partial charge in [0.1, 0.15) is 5.75 Å². The van der Waals surface area contributed by atoms with Crippen LogP contribution in [0.15, 0.2) is 78.9 Å². The van der Waals surface area contributed by atoms with Crippen molar-refractivity contribution in [3.8, 4) is 16.9 Å². The van der Waals surface area contributed by atoms with Crippen LogP contribution in [0.2, 0.25) is 0 Å². The van der Waals surface area contributed by atoms with Gasteiger partial charge in [0.25, 0.3) is 0 Å². The molecule has 4 aromatic carbocycles. The average Bonchev–Trinajstić information content (AvgIpc) is 2.60. The van der Waals surface area contributed by atoms with Crippen molar-refractivity contribution in [3.63, 3.8) is 0 Å². The molecule has 0 N–H and O–H groups in total. The molecule has 0 atom stereocenters. The first-order valence-corrected chi connectivity index (χ1v) is 7.42.